The van der Waals surface area contributed by atoms with Crippen LogP contribution in [0.1, 0.15) is 60.3 Å². The second kappa shape index (κ2) is 7.11. The first-order valence-corrected chi connectivity index (χ1v) is 6.66. The Morgan fingerprint density at radius 1 is 1.12 bits per heavy atom. The average Bonchev–Trinajstić information content (AvgIpc) is 2.12. The smallest absolute Gasteiger partial charge is 0.00995 e. The number of hydrogen-bond acceptors (Lipinski definition) is 1. The van der Waals surface area contributed by atoms with Gasteiger partial charge in [0.15, 0.2) is 0 Å². The highest BCUT2D eigenvalue weighted by molar-refractivity contribution is 4.78. The highest BCUT2D eigenvalue weighted by Crippen LogP contribution is 2.23. The topological polar surface area (TPSA) is 26.0 Å². The van der Waals surface area contributed by atoms with E-state index >= 15 is 0 Å². The summed E-state index contributed by atoms with van der Waals surface area (Å²) in [6.45, 7) is 15.0. The van der Waals surface area contributed by atoms with Crippen LogP contribution in [0.15, 0.2) is 12.7 Å². The monoisotopic (exact) mass is 225 g/mol. The summed E-state index contributed by atoms with van der Waals surface area (Å²) in [7, 11) is 0. The standard InChI is InChI=1S/C15H31N/c1-7-12(2)10-13(3)8-9-14(4)11-15(5,6)16/h7,12-14H,1,8-11,16H2,2-6H3. The molecule has 0 radical (unpaired) electrons. The van der Waals surface area contributed by atoms with Gasteiger partial charge in [0, 0.05) is 5.54 Å². The molecule has 1 nitrogen and oxygen atoms in total. The summed E-state index contributed by atoms with van der Waals surface area (Å²) >= 11 is 0. The molecule has 0 saturated carbocycles. The molecule has 0 aliphatic carbocycles. The molecule has 0 heterocycles. The number of allylic oxidation sites excluding steroid dienone is 1. The molecule has 0 aliphatic rings. The second-order valence-corrected chi connectivity index (χ2v) is 6.43. The van der Waals surface area contributed by atoms with E-state index in [2.05, 4.69) is 47.3 Å². The van der Waals surface area contributed by atoms with Crippen LogP contribution in [-0.2, 0) is 0 Å². The molecule has 0 aromatic rings. The minimum Gasteiger partial charge on any atom is -0.326 e. The van der Waals surface area contributed by atoms with Crippen molar-refractivity contribution < 1.29 is 0 Å². The van der Waals surface area contributed by atoms with Crippen LogP contribution in [0.3, 0.4) is 0 Å². The maximum atomic E-state index is 6.03. The summed E-state index contributed by atoms with van der Waals surface area (Å²) in [5.74, 6) is 2.19. The van der Waals surface area contributed by atoms with Crippen LogP contribution in [0, 0.1) is 17.8 Å². The van der Waals surface area contributed by atoms with Crippen LogP contribution < -0.4 is 5.73 Å². The molecule has 1 heteroatoms. The molecule has 0 bridgehead atoms. The van der Waals surface area contributed by atoms with Gasteiger partial charge in [0.05, 0.1) is 0 Å². The third-order valence-electron chi connectivity index (χ3n) is 3.20. The molecular weight excluding hydrogens is 194 g/mol. The van der Waals surface area contributed by atoms with Crippen molar-refractivity contribution in [3.8, 4) is 0 Å². The lowest BCUT2D eigenvalue weighted by Gasteiger charge is -2.24. The van der Waals surface area contributed by atoms with Gasteiger partial charge in [0.1, 0.15) is 0 Å². The van der Waals surface area contributed by atoms with E-state index in [0.29, 0.717) is 5.92 Å². The fraction of sp³-hybridized carbons (Fsp3) is 0.867. The molecular formula is C15H31N. The van der Waals surface area contributed by atoms with Crippen molar-refractivity contribution in [2.45, 2.75) is 65.8 Å². The van der Waals surface area contributed by atoms with Crippen LogP contribution in [0.5, 0.6) is 0 Å². The summed E-state index contributed by atoms with van der Waals surface area (Å²) in [6, 6.07) is 0. The Labute approximate surface area is 102 Å². The number of rotatable bonds is 8. The minimum atomic E-state index is -0.0168. The van der Waals surface area contributed by atoms with Gasteiger partial charge in [-0.2, -0.15) is 0 Å². The highest BCUT2D eigenvalue weighted by Gasteiger charge is 2.16. The van der Waals surface area contributed by atoms with Gasteiger partial charge < -0.3 is 5.73 Å². The van der Waals surface area contributed by atoms with Crippen molar-refractivity contribution in [2.75, 3.05) is 0 Å². The van der Waals surface area contributed by atoms with Crippen molar-refractivity contribution in [1.29, 1.82) is 0 Å². The van der Waals surface area contributed by atoms with E-state index in [-0.39, 0.29) is 5.54 Å². The fourth-order valence-corrected chi connectivity index (χ4v) is 2.42. The Morgan fingerprint density at radius 3 is 2.06 bits per heavy atom. The zero-order valence-electron chi connectivity index (χ0n) is 11.9. The predicted molar refractivity (Wildman–Crippen MR) is 74.4 cm³/mol. The van der Waals surface area contributed by atoms with Crippen LogP contribution in [0.25, 0.3) is 0 Å². The van der Waals surface area contributed by atoms with Gasteiger partial charge in [-0.25, -0.2) is 0 Å². The van der Waals surface area contributed by atoms with E-state index in [4.69, 9.17) is 5.73 Å². The van der Waals surface area contributed by atoms with Gasteiger partial charge in [-0.15, -0.1) is 6.58 Å². The minimum absolute atomic E-state index is 0.0168. The fourth-order valence-electron chi connectivity index (χ4n) is 2.42. The quantitative estimate of drug-likeness (QED) is 0.610. The molecule has 3 atom stereocenters. The average molecular weight is 225 g/mol. The van der Waals surface area contributed by atoms with E-state index in [1.165, 1.54) is 19.3 Å². The zero-order chi connectivity index (χ0) is 12.8. The van der Waals surface area contributed by atoms with E-state index in [1.807, 2.05) is 0 Å². The molecule has 0 saturated heterocycles. The van der Waals surface area contributed by atoms with Crippen LogP contribution >= 0.6 is 0 Å². The van der Waals surface area contributed by atoms with Gasteiger partial charge in [-0.05, 0) is 44.4 Å². The van der Waals surface area contributed by atoms with Gasteiger partial charge >= 0.3 is 0 Å². The Balaban J connectivity index is 3.74. The maximum Gasteiger partial charge on any atom is 0.00995 e. The lowest BCUT2D eigenvalue weighted by Crippen LogP contribution is -2.33. The summed E-state index contributed by atoms with van der Waals surface area (Å²) in [5.41, 5.74) is 6.01. The lowest BCUT2D eigenvalue weighted by atomic mass is 9.86. The lowest BCUT2D eigenvalue weighted by molar-refractivity contribution is 0.326. The summed E-state index contributed by atoms with van der Waals surface area (Å²) in [6.07, 6.45) is 7.06. The van der Waals surface area contributed by atoms with Gasteiger partial charge in [0.2, 0.25) is 0 Å². The molecule has 0 spiro atoms. The molecule has 2 N–H and O–H groups in total. The molecule has 16 heavy (non-hydrogen) atoms. The molecule has 0 fully saturated rings. The van der Waals surface area contributed by atoms with Gasteiger partial charge in [-0.3, -0.25) is 0 Å². The second-order valence-electron chi connectivity index (χ2n) is 6.43. The van der Waals surface area contributed by atoms with Crippen LogP contribution in [0.2, 0.25) is 0 Å². The summed E-state index contributed by atoms with van der Waals surface area (Å²) < 4.78 is 0. The first-order valence-electron chi connectivity index (χ1n) is 6.66. The number of hydrogen-bond donors (Lipinski definition) is 1. The van der Waals surface area contributed by atoms with Crippen LogP contribution in [-0.4, -0.2) is 5.54 Å². The first-order chi connectivity index (χ1) is 7.24. The van der Waals surface area contributed by atoms with Crippen molar-refractivity contribution in [2.24, 2.45) is 23.5 Å². The summed E-state index contributed by atoms with van der Waals surface area (Å²) in [5, 5.41) is 0. The zero-order valence-corrected chi connectivity index (χ0v) is 11.9. The Morgan fingerprint density at radius 2 is 1.62 bits per heavy atom. The maximum absolute atomic E-state index is 6.03. The molecule has 96 valence electrons. The SMILES string of the molecule is C=CC(C)CC(C)CCC(C)CC(C)(C)N. The van der Waals surface area contributed by atoms with Crippen molar-refractivity contribution in [1.82, 2.24) is 0 Å². The van der Waals surface area contributed by atoms with E-state index in [9.17, 15) is 0 Å². The largest absolute Gasteiger partial charge is 0.326 e. The molecule has 3 unspecified atom stereocenters. The third-order valence-corrected chi connectivity index (χ3v) is 3.20. The molecule has 0 amide bonds. The van der Waals surface area contributed by atoms with Crippen LogP contribution in [0.4, 0.5) is 0 Å². The molecule has 0 aromatic heterocycles. The van der Waals surface area contributed by atoms with E-state index in [1.54, 1.807) is 0 Å². The molecule has 0 aliphatic heterocycles. The van der Waals surface area contributed by atoms with E-state index in [0.717, 1.165) is 18.3 Å². The van der Waals surface area contributed by atoms with E-state index < -0.39 is 0 Å². The highest BCUT2D eigenvalue weighted by atomic mass is 14.7. The molecule has 0 rings (SSSR count). The predicted octanol–water partition coefficient (Wildman–Crippen LogP) is 4.38. The Kier molecular flexibility index (Phi) is 6.98. The Bertz CT molecular complexity index is 190. The Hall–Kier alpha value is -0.300. The van der Waals surface area contributed by atoms with Crippen molar-refractivity contribution in [3.05, 3.63) is 12.7 Å². The van der Waals surface area contributed by atoms with Gasteiger partial charge in [-0.1, -0.05) is 39.7 Å². The normalized spacial score (nSPS) is 17.9. The first kappa shape index (κ1) is 15.7. The third kappa shape index (κ3) is 8.96. The van der Waals surface area contributed by atoms with Crippen molar-refractivity contribution >= 4 is 0 Å². The van der Waals surface area contributed by atoms with Gasteiger partial charge in [0.25, 0.3) is 0 Å². The number of nitrogens with two attached hydrogens (primary N) is 1. The van der Waals surface area contributed by atoms with Crippen molar-refractivity contribution in [3.63, 3.8) is 0 Å². The summed E-state index contributed by atoms with van der Waals surface area (Å²) in [4.78, 5) is 0. The molecule has 0 aromatic carbocycles.